The molecule has 0 aliphatic carbocycles. The van der Waals surface area contributed by atoms with Crippen molar-refractivity contribution in [2.45, 2.75) is 98.6 Å². The van der Waals surface area contributed by atoms with E-state index in [1.54, 1.807) is 46.7 Å². The molecule has 2 aliphatic rings. The molecule has 1 fully saturated rings. The second-order valence-corrected chi connectivity index (χ2v) is 21.1. The van der Waals surface area contributed by atoms with Gasteiger partial charge in [0.15, 0.2) is 5.82 Å². The van der Waals surface area contributed by atoms with Crippen LogP contribution in [0.4, 0.5) is 0 Å². The molecule has 17 nitrogen and oxygen atoms in total. The lowest BCUT2D eigenvalue weighted by Crippen LogP contribution is -2.57. The maximum Gasteiger partial charge on any atom is 0.272 e. The van der Waals surface area contributed by atoms with Crippen LogP contribution in [0.5, 0.6) is 0 Å². The first kappa shape index (κ1) is 50.3. The molecule has 8 rings (SSSR count). The van der Waals surface area contributed by atoms with Crippen LogP contribution >= 0.6 is 34.3 Å². The van der Waals surface area contributed by atoms with Gasteiger partial charge in [0.05, 0.1) is 54.1 Å². The Balaban J connectivity index is 0.822. The molecule has 4 amide bonds. The number of methoxy groups -OCH3 is 1. The zero-order valence-corrected chi connectivity index (χ0v) is 42.9. The lowest BCUT2D eigenvalue weighted by molar-refractivity contribution is -0.142. The summed E-state index contributed by atoms with van der Waals surface area (Å²) in [6, 6.07) is 14.7. The minimum absolute atomic E-state index is 0.0501. The molecule has 0 bridgehead atoms. The number of aliphatic imine (C=N–C) groups is 1. The molecule has 4 atom stereocenters. The van der Waals surface area contributed by atoms with Crippen LogP contribution in [0.3, 0.4) is 0 Å². The van der Waals surface area contributed by atoms with Crippen LogP contribution in [0.15, 0.2) is 71.3 Å². The van der Waals surface area contributed by atoms with E-state index in [1.807, 2.05) is 93.2 Å². The van der Waals surface area contributed by atoms with Crippen molar-refractivity contribution in [1.82, 2.24) is 50.4 Å². The standard InChI is InChI=1S/C50H58ClN11O6S2/c1-28-30(3)70-49-41(28)42(33-13-15-35(51)16-14-33)55-38(45-58-57-31(4)62(45)49)24-40(63)52-18-21-68-22-20-60-19-17-37(59-60)46(64)56-44(50(5,6)7)48(66)61-26-36(67-8)23-39(61)47(65)53-25-32-9-11-34(12-10-32)43-29(2)54-27-69-43/h9-17,19,27,36,38-39,44H,18,20-26H2,1-8H3,(H,52,63)(H,53,65)(H,56,64)/t36-,38+,39+,44-/m1/s1. The van der Waals surface area contributed by atoms with Crippen LogP contribution in [0.25, 0.3) is 15.4 Å². The molecule has 368 valence electrons. The molecule has 0 saturated carbocycles. The minimum Gasteiger partial charge on any atom is -0.380 e. The molecule has 2 aromatic carbocycles. The Labute approximate surface area is 420 Å². The molecular weight excluding hydrogens is 950 g/mol. The largest absolute Gasteiger partial charge is 0.380 e. The SMILES string of the molecule is CO[C@@H]1C[C@@H](C(=O)NCc2ccc(-c3scnc3C)cc2)N(C(=O)[C@@H](NC(=O)c2ccn(CCOCCNC(=O)C[C@@H]3N=C(c4ccc(Cl)cc4)c4c(sc(C)c4C)-n4c(C)nnc43)n2)C(C)(C)C)C1. The van der Waals surface area contributed by atoms with Crippen LogP contribution in [-0.2, 0) is 36.9 Å². The van der Waals surface area contributed by atoms with E-state index in [9.17, 15) is 19.2 Å². The summed E-state index contributed by atoms with van der Waals surface area (Å²) in [5, 5.41) is 23.8. The topological polar surface area (TPSA) is 200 Å². The average molecular weight is 1010 g/mol. The van der Waals surface area contributed by atoms with Gasteiger partial charge >= 0.3 is 0 Å². The molecule has 1 saturated heterocycles. The van der Waals surface area contributed by atoms with Crippen LogP contribution < -0.4 is 16.0 Å². The second-order valence-electron chi connectivity index (χ2n) is 18.6. The van der Waals surface area contributed by atoms with Gasteiger partial charge in [-0.3, -0.25) is 33.4 Å². The van der Waals surface area contributed by atoms with Crippen molar-refractivity contribution in [3.8, 4) is 15.4 Å². The summed E-state index contributed by atoms with van der Waals surface area (Å²) in [6.07, 6.45) is 1.69. The molecule has 4 aromatic heterocycles. The molecular formula is C50H58ClN11O6S2. The highest BCUT2D eigenvalue weighted by molar-refractivity contribution is 7.15. The third-order valence-electron chi connectivity index (χ3n) is 12.6. The van der Waals surface area contributed by atoms with Crippen LogP contribution in [0.1, 0.15) is 94.6 Å². The van der Waals surface area contributed by atoms with Gasteiger partial charge in [-0.2, -0.15) is 5.10 Å². The summed E-state index contributed by atoms with van der Waals surface area (Å²) in [7, 11) is 1.56. The highest BCUT2D eigenvalue weighted by atomic mass is 35.5. The van der Waals surface area contributed by atoms with Crippen LogP contribution in [-0.4, -0.2) is 115 Å². The highest BCUT2D eigenvalue weighted by Gasteiger charge is 2.45. The van der Waals surface area contributed by atoms with Gasteiger partial charge in [0.2, 0.25) is 17.7 Å². The number of thiophene rings is 1. The summed E-state index contributed by atoms with van der Waals surface area (Å²) in [5.41, 5.74) is 7.96. The summed E-state index contributed by atoms with van der Waals surface area (Å²) < 4.78 is 15.1. The number of nitrogens with zero attached hydrogens (tertiary/aromatic N) is 8. The highest BCUT2D eigenvalue weighted by Crippen LogP contribution is 2.40. The summed E-state index contributed by atoms with van der Waals surface area (Å²) in [4.78, 5) is 68.4. The number of thiazole rings is 1. The van der Waals surface area contributed by atoms with Crippen LogP contribution in [0.2, 0.25) is 5.02 Å². The molecule has 0 unspecified atom stereocenters. The number of amides is 4. The van der Waals surface area contributed by atoms with E-state index in [-0.39, 0.29) is 68.8 Å². The van der Waals surface area contributed by atoms with Crippen molar-refractivity contribution in [3.05, 3.63) is 121 Å². The second kappa shape index (κ2) is 21.5. The fraction of sp³-hybridized carbons (Fsp3) is 0.420. The molecule has 20 heteroatoms. The van der Waals surface area contributed by atoms with Crippen LogP contribution in [0, 0.1) is 33.1 Å². The van der Waals surface area contributed by atoms with Gasteiger partial charge in [0, 0.05) is 60.4 Å². The lowest BCUT2D eigenvalue weighted by atomic mass is 9.85. The number of hydrogen-bond donors (Lipinski definition) is 3. The Morgan fingerprint density at radius 3 is 2.39 bits per heavy atom. The van der Waals surface area contributed by atoms with Crippen molar-refractivity contribution in [2.24, 2.45) is 10.4 Å². The summed E-state index contributed by atoms with van der Waals surface area (Å²) >= 11 is 9.48. The van der Waals surface area contributed by atoms with Gasteiger partial charge in [-0.25, -0.2) is 4.98 Å². The van der Waals surface area contributed by atoms with Gasteiger partial charge in [0.1, 0.15) is 34.6 Å². The Hall–Kier alpha value is -6.12. The maximum atomic E-state index is 14.3. The van der Waals surface area contributed by atoms with E-state index in [1.165, 1.54) is 4.90 Å². The van der Waals surface area contributed by atoms with Gasteiger partial charge in [-0.05, 0) is 68.0 Å². The van der Waals surface area contributed by atoms with Gasteiger partial charge < -0.3 is 30.3 Å². The number of likely N-dealkylation sites (tertiary alicyclic amines) is 1. The maximum absolute atomic E-state index is 14.3. The number of nitrogens with one attached hydrogen (secondary N) is 3. The van der Waals surface area contributed by atoms with Gasteiger partial charge in [0.25, 0.3) is 5.91 Å². The average Bonchev–Trinajstić information content (AvgIpc) is 4.19. The normalized spacial score (nSPS) is 17.1. The van der Waals surface area contributed by atoms with E-state index in [0.29, 0.717) is 29.6 Å². The first-order valence-electron chi connectivity index (χ1n) is 23.2. The van der Waals surface area contributed by atoms with E-state index >= 15 is 0 Å². The molecule has 6 aromatic rings. The third kappa shape index (κ3) is 11.1. The Bertz CT molecular complexity index is 2900. The number of halogens is 1. The van der Waals surface area contributed by atoms with E-state index in [4.69, 9.17) is 26.1 Å². The van der Waals surface area contributed by atoms with Gasteiger partial charge in [-0.1, -0.05) is 68.8 Å². The third-order valence-corrected chi connectivity index (χ3v) is 15.1. The van der Waals surface area contributed by atoms with Gasteiger partial charge in [-0.15, -0.1) is 32.9 Å². The smallest absolute Gasteiger partial charge is 0.272 e. The predicted octanol–water partition coefficient (Wildman–Crippen LogP) is 6.73. The molecule has 70 heavy (non-hydrogen) atoms. The van der Waals surface area contributed by atoms with Crippen molar-refractivity contribution in [2.75, 3.05) is 33.4 Å². The van der Waals surface area contributed by atoms with E-state index < -0.39 is 29.4 Å². The number of rotatable bonds is 17. The number of fused-ring (bicyclic) bond motifs is 3. The predicted molar refractivity (Wildman–Crippen MR) is 270 cm³/mol. The zero-order chi connectivity index (χ0) is 49.9. The Morgan fingerprint density at radius 2 is 1.69 bits per heavy atom. The molecule has 6 heterocycles. The van der Waals surface area contributed by atoms with E-state index in [2.05, 4.69) is 50.1 Å². The monoisotopic (exact) mass is 1010 g/mol. The van der Waals surface area contributed by atoms with Crippen molar-refractivity contribution in [3.63, 3.8) is 0 Å². The van der Waals surface area contributed by atoms with Crippen molar-refractivity contribution in [1.29, 1.82) is 0 Å². The fourth-order valence-electron chi connectivity index (χ4n) is 8.65. The first-order chi connectivity index (χ1) is 33.5. The molecule has 3 N–H and O–H groups in total. The number of carbonyl (C=O) groups excluding carboxylic acids is 4. The number of carbonyl (C=O) groups is 4. The lowest BCUT2D eigenvalue weighted by Gasteiger charge is -2.35. The number of benzene rings is 2. The fourth-order valence-corrected chi connectivity index (χ4v) is 10.8. The summed E-state index contributed by atoms with van der Waals surface area (Å²) in [6.45, 7) is 15.2. The molecule has 2 aliphatic heterocycles. The zero-order valence-electron chi connectivity index (χ0n) is 40.5. The quantitative estimate of drug-likeness (QED) is 0.0824. The van der Waals surface area contributed by atoms with Crippen molar-refractivity contribution < 1.29 is 28.7 Å². The van der Waals surface area contributed by atoms with E-state index in [0.717, 1.165) is 54.0 Å². The van der Waals surface area contributed by atoms with Crippen molar-refractivity contribution >= 4 is 63.6 Å². The Morgan fingerprint density at radius 1 is 0.943 bits per heavy atom. The Kier molecular flexibility index (Phi) is 15.4. The minimum atomic E-state index is -0.971. The molecule has 0 radical (unpaired) electrons. The molecule has 0 spiro atoms. The number of ether oxygens (including phenoxy) is 2. The number of hydrogen-bond acceptors (Lipinski definition) is 13. The first-order valence-corrected chi connectivity index (χ1v) is 25.2. The number of aryl methyl sites for hydroxylation is 3. The summed E-state index contributed by atoms with van der Waals surface area (Å²) in [5.74, 6) is -0.102. The number of aromatic nitrogens is 6.